The lowest BCUT2D eigenvalue weighted by Gasteiger charge is -2.34. The van der Waals surface area contributed by atoms with Crippen LogP contribution < -0.4 is 9.47 Å². The van der Waals surface area contributed by atoms with Gasteiger partial charge in [-0.2, -0.15) is 0 Å². The van der Waals surface area contributed by atoms with Crippen molar-refractivity contribution in [3.63, 3.8) is 0 Å². The molecular formula is C43H56O4. The van der Waals surface area contributed by atoms with Gasteiger partial charge in [0, 0.05) is 11.8 Å². The largest absolute Gasteiger partial charge is 0.465 e. The van der Waals surface area contributed by atoms with E-state index in [1.165, 1.54) is 95.5 Å². The summed E-state index contributed by atoms with van der Waals surface area (Å²) in [6.45, 7) is 8.29. The zero-order valence-electron chi connectivity index (χ0n) is 28.4. The monoisotopic (exact) mass is 636 g/mol. The SMILES string of the molecule is C=Cc1ccc(OC(OC2CCCCC2)C2CCCCC2)cc1.C=Cc1ccc(OC(OCCc2ccccc2)C2CCCC2)cc1. The second kappa shape index (κ2) is 19.5. The summed E-state index contributed by atoms with van der Waals surface area (Å²) >= 11 is 0. The van der Waals surface area contributed by atoms with Crippen LogP contribution in [-0.2, 0) is 15.9 Å². The van der Waals surface area contributed by atoms with Crippen molar-refractivity contribution in [1.29, 1.82) is 0 Å². The molecule has 0 N–H and O–H groups in total. The van der Waals surface area contributed by atoms with Crippen LogP contribution >= 0.6 is 0 Å². The first kappa shape index (κ1) is 35.0. The molecule has 2 atom stereocenters. The summed E-state index contributed by atoms with van der Waals surface area (Å²) in [5.41, 5.74) is 3.53. The van der Waals surface area contributed by atoms with Crippen molar-refractivity contribution < 1.29 is 18.9 Å². The highest BCUT2D eigenvalue weighted by Crippen LogP contribution is 2.33. The van der Waals surface area contributed by atoms with Gasteiger partial charge >= 0.3 is 0 Å². The molecular weight excluding hydrogens is 580 g/mol. The highest BCUT2D eigenvalue weighted by atomic mass is 16.7. The van der Waals surface area contributed by atoms with E-state index >= 15 is 0 Å². The predicted octanol–water partition coefficient (Wildman–Crippen LogP) is 11.4. The Labute approximate surface area is 284 Å². The molecule has 4 nitrogen and oxygen atoms in total. The average molecular weight is 637 g/mol. The van der Waals surface area contributed by atoms with E-state index in [4.69, 9.17) is 18.9 Å². The Kier molecular flexibility index (Phi) is 14.5. The first-order valence-electron chi connectivity index (χ1n) is 18.3. The summed E-state index contributed by atoms with van der Waals surface area (Å²) in [5.74, 6) is 2.84. The van der Waals surface area contributed by atoms with Crippen molar-refractivity contribution >= 4 is 12.2 Å². The highest BCUT2D eigenvalue weighted by Gasteiger charge is 2.30. The summed E-state index contributed by atoms with van der Waals surface area (Å²) in [4.78, 5) is 0. The van der Waals surface area contributed by atoms with Gasteiger partial charge in [0.15, 0.2) is 0 Å². The minimum Gasteiger partial charge on any atom is -0.465 e. The number of hydrogen-bond acceptors (Lipinski definition) is 4. The fourth-order valence-electron chi connectivity index (χ4n) is 7.10. The van der Waals surface area contributed by atoms with Crippen LogP contribution in [0.1, 0.15) is 107 Å². The van der Waals surface area contributed by atoms with Crippen molar-refractivity contribution in [3.8, 4) is 11.5 Å². The third-order valence-corrected chi connectivity index (χ3v) is 9.95. The Hall–Kier alpha value is -3.34. The quantitative estimate of drug-likeness (QED) is 0.165. The molecule has 3 saturated carbocycles. The van der Waals surface area contributed by atoms with Gasteiger partial charge < -0.3 is 18.9 Å². The Balaban J connectivity index is 0.000000185. The Morgan fingerprint density at radius 1 is 0.553 bits per heavy atom. The molecule has 3 fully saturated rings. The van der Waals surface area contributed by atoms with Gasteiger partial charge in [-0.1, -0.05) is 131 Å². The van der Waals surface area contributed by atoms with Crippen molar-refractivity contribution in [2.45, 2.75) is 115 Å². The maximum Gasteiger partial charge on any atom is 0.202 e. The first-order chi connectivity index (χ1) is 23.2. The van der Waals surface area contributed by atoms with E-state index < -0.39 is 0 Å². The second-order valence-corrected chi connectivity index (χ2v) is 13.5. The zero-order valence-corrected chi connectivity index (χ0v) is 28.4. The van der Waals surface area contributed by atoms with E-state index in [0.717, 1.165) is 29.0 Å². The van der Waals surface area contributed by atoms with Crippen LogP contribution in [0.2, 0.25) is 0 Å². The van der Waals surface area contributed by atoms with Gasteiger partial charge in [0.25, 0.3) is 0 Å². The smallest absolute Gasteiger partial charge is 0.202 e. The van der Waals surface area contributed by atoms with Crippen molar-refractivity contribution in [3.05, 3.63) is 109 Å². The molecule has 2 unspecified atom stereocenters. The fourth-order valence-corrected chi connectivity index (χ4v) is 7.10. The van der Waals surface area contributed by atoms with Crippen LogP contribution in [0, 0.1) is 11.8 Å². The fraction of sp³-hybridized carbons (Fsp3) is 0.488. The summed E-state index contributed by atoms with van der Waals surface area (Å²) in [6, 6.07) is 26.7. The molecule has 3 aromatic rings. The molecule has 47 heavy (non-hydrogen) atoms. The molecule has 4 heteroatoms. The summed E-state index contributed by atoms with van der Waals surface area (Å²) in [6.07, 6.45) is 22.6. The molecule has 3 aliphatic rings. The van der Waals surface area contributed by atoms with Crippen LogP contribution in [-0.4, -0.2) is 25.3 Å². The minimum absolute atomic E-state index is 0.0759. The number of rotatable bonds is 14. The van der Waals surface area contributed by atoms with Crippen LogP contribution in [0.15, 0.2) is 92.0 Å². The summed E-state index contributed by atoms with van der Waals surface area (Å²) in [5, 5.41) is 0. The standard InChI is InChI=1S/C22H26O2.C21H30O2/c1-2-18-12-14-21(15-13-18)24-22(20-10-6-7-11-20)23-17-16-19-8-4-3-5-9-19;1-2-17-13-15-20(16-14-17)23-21(18-9-5-3-6-10-18)22-19-11-7-4-8-12-19/h2-5,8-9,12-15,20,22H,1,6-7,10-11,16-17H2;2,13-16,18-19,21H,1,3-12H2. The van der Waals surface area contributed by atoms with E-state index in [-0.39, 0.29) is 12.6 Å². The molecule has 0 aliphatic heterocycles. The molecule has 0 bridgehead atoms. The third kappa shape index (κ3) is 11.7. The van der Waals surface area contributed by atoms with Crippen LogP contribution in [0.5, 0.6) is 11.5 Å². The van der Waals surface area contributed by atoms with E-state index in [1.807, 2.05) is 54.6 Å². The van der Waals surface area contributed by atoms with Gasteiger partial charge in [0.05, 0.1) is 12.7 Å². The molecule has 0 saturated heterocycles. The molecule has 3 aliphatic carbocycles. The van der Waals surface area contributed by atoms with Crippen LogP contribution in [0.3, 0.4) is 0 Å². The second-order valence-electron chi connectivity index (χ2n) is 13.5. The van der Waals surface area contributed by atoms with Gasteiger partial charge in [0.1, 0.15) is 11.5 Å². The minimum atomic E-state index is -0.147. The van der Waals surface area contributed by atoms with E-state index in [1.54, 1.807) is 0 Å². The van der Waals surface area contributed by atoms with Gasteiger partial charge in [-0.15, -0.1) is 0 Å². The maximum atomic E-state index is 6.45. The normalized spacial score (nSPS) is 18.8. The van der Waals surface area contributed by atoms with Gasteiger partial charge in [0.2, 0.25) is 12.6 Å². The van der Waals surface area contributed by atoms with Crippen LogP contribution in [0.4, 0.5) is 0 Å². The molecule has 0 heterocycles. The lowest BCUT2D eigenvalue weighted by molar-refractivity contribution is -0.161. The Morgan fingerprint density at radius 2 is 1.02 bits per heavy atom. The number of hydrogen-bond donors (Lipinski definition) is 0. The lowest BCUT2D eigenvalue weighted by Crippen LogP contribution is -2.36. The molecule has 0 amide bonds. The van der Waals surface area contributed by atoms with Crippen molar-refractivity contribution in [2.75, 3.05) is 6.61 Å². The molecule has 0 aromatic heterocycles. The first-order valence-corrected chi connectivity index (χ1v) is 18.3. The molecule has 0 spiro atoms. The predicted molar refractivity (Wildman–Crippen MR) is 194 cm³/mol. The molecule has 3 aromatic carbocycles. The topological polar surface area (TPSA) is 36.9 Å². The average Bonchev–Trinajstić information content (AvgIpc) is 3.68. The van der Waals surface area contributed by atoms with Gasteiger partial charge in [-0.25, -0.2) is 0 Å². The highest BCUT2D eigenvalue weighted by molar-refractivity contribution is 5.49. The Bertz CT molecular complexity index is 1280. The van der Waals surface area contributed by atoms with Crippen molar-refractivity contribution in [2.24, 2.45) is 11.8 Å². The Morgan fingerprint density at radius 3 is 1.55 bits per heavy atom. The van der Waals surface area contributed by atoms with Crippen molar-refractivity contribution in [1.82, 2.24) is 0 Å². The lowest BCUT2D eigenvalue weighted by atomic mass is 9.88. The van der Waals surface area contributed by atoms with Gasteiger partial charge in [-0.3, -0.25) is 0 Å². The number of benzene rings is 3. The zero-order chi connectivity index (χ0) is 32.5. The number of ether oxygens (including phenoxy) is 4. The molecule has 0 radical (unpaired) electrons. The maximum absolute atomic E-state index is 6.45. The summed E-state index contributed by atoms with van der Waals surface area (Å²) in [7, 11) is 0. The third-order valence-electron chi connectivity index (χ3n) is 9.95. The van der Waals surface area contributed by atoms with E-state index in [0.29, 0.717) is 24.5 Å². The molecule has 6 rings (SSSR count). The van der Waals surface area contributed by atoms with E-state index in [2.05, 4.69) is 49.6 Å². The van der Waals surface area contributed by atoms with E-state index in [9.17, 15) is 0 Å². The molecule has 252 valence electrons. The summed E-state index contributed by atoms with van der Waals surface area (Å²) < 4.78 is 25.1. The van der Waals surface area contributed by atoms with Crippen LogP contribution in [0.25, 0.3) is 12.2 Å². The van der Waals surface area contributed by atoms with Gasteiger partial charge in [-0.05, 0) is 85.9 Å².